The van der Waals surface area contributed by atoms with Gasteiger partial charge in [0, 0.05) is 38.3 Å². The fourth-order valence-electron chi connectivity index (χ4n) is 9.30. The van der Waals surface area contributed by atoms with Crippen LogP contribution in [-0.2, 0) is 34.1 Å². The highest BCUT2D eigenvalue weighted by atomic mass is 28.4. The van der Waals surface area contributed by atoms with Crippen LogP contribution >= 0.6 is 0 Å². The Morgan fingerprint density at radius 3 is 1.62 bits per heavy atom. The van der Waals surface area contributed by atoms with Gasteiger partial charge < -0.3 is 37.3 Å². The molecule has 0 spiro atoms. The molecule has 0 saturated carbocycles. The van der Waals surface area contributed by atoms with Gasteiger partial charge in [0.25, 0.3) is 8.32 Å². The highest BCUT2D eigenvalue weighted by Crippen LogP contribution is 2.41. The maximum atomic E-state index is 11.1. The second-order valence-corrected chi connectivity index (χ2v) is 38.5. The van der Waals surface area contributed by atoms with Gasteiger partial charge in [0.15, 0.2) is 22.4 Å². The molecule has 1 heterocycles. The summed E-state index contributed by atoms with van der Waals surface area (Å²) in [4.78, 5) is 0. The normalized spacial score (nSPS) is 18.3. The fraction of sp³-hybridized carbons (Fsp3) is 0.667. The van der Waals surface area contributed by atoms with Crippen LogP contribution in [0.2, 0.25) is 41.3 Å². The van der Waals surface area contributed by atoms with Crippen molar-refractivity contribution in [2.24, 2.45) is 0 Å². The number of benzene rings is 3. The summed E-state index contributed by atoms with van der Waals surface area (Å²) in [5.74, 6) is 6.55. The third-order valence-electron chi connectivity index (χ3n) is 15.3. The van der Waals surface area contributed by atoms with Crippen LogP contribution in [0.25, 0.3) is 0 Å². The first kappa shape index (κ1) is 60.9. The largest absolute Gasteiger partial charge is 0.497 e. The minimum absolute atomic E-state index is 0.0128. The Bertz CT molecular complexity index is 1990. The second kappa shape index (κ2) is 27.3. The Hall–Kier alpha value is -2.61. The number of ether oxygens (including phenoxy) is 4. The second-order valence-electron chi connectivity index (χ2n) is 24.7. The van der Waals surface area contributed by atoms with Gasteiger partial charge in [-0.05, 0) is 147 Å². The molecule has 71 heavy (non-hydrogen) atoms. The Morgan fingerprint density at radius 1 is 0.634 bits per heavy atom. The molecule has 1 aliphatic heterocycles. The molecule has 3 aromatic carbocycles. The van der Waals surface area contributed by atoms with Crippen LogP contribution in [-0.4, -0.2) is 86.7 Å². The molecular weight excluding hydrogens is 933 g/mol. The first-order valence-electron chi connectivity index (χ1n) is 27.0. The number of hydrogen-bond donors (Lipinski definition) is 1. The van der Waals surface area contributed by atoms with Crippen LogP contribution in [0, 0.1) is 11.8 Å². The van der Waals surface area contributed by atoms with Crippen molar-refractivity contribution in [1.29, 1.82) is 0 Å². The zero-order valence-electron chi connectivity index (χ0n) is 47.4. The predicted molar refractivity (Wildman–Crippen MR) is 303 cm³/mol. The molecule has 1 unspecified atom stereocenters. The summed E-state index contributed by atoms with van der Waals surface area (Å²) in [6, 6.07) is 29.9. The molecule has 0 aromatic heterocycles. The molecule has 1 saturated heterocycles. The van der Waals surface area contributed by atoms with Crippen molar-refractivity contribution in [3.05, 3.63) is 90.5 Å². The average Bonchev–Trinajstić information content (AvgIpc) is 3.28. The third kappa shape index (κ3) is 19.2. The Morgan fingerprint density at radius 2 is 1.13 bits per heavy atom. The molecule has 4 rings (SSSR count). The van der Waals surface area contributed by atoms with Crippen molar-refractivity contribution in [3.63, 3.8) is 0 Å². The van der Waals surface area contributed by atoms with Gasteiger partial charge in [-0.2, -0.15) is 0 Å². The molecule has 1 aliphatic rings. The summed E-state index contributed by atoms with van der Waals surface area (Å²) >= 11 is 0. The zero-order chi connectivity index (χ0) is 52.6. The number of hydrogen-bond acceptors (Lipinski definition) is 8. The predicted octanol–water partition coefficient (Wildman–Crippen LogP) is 14.1. The topological polar surface area (TPSA) is 84.8 Å². The van der Waals surface area contributed by atoms with E-state index in [9.17, 15) is 5.11 Å². The molecule has 8 nitrogen and oxygen atoms in total. The van der Waals surface area contributed by atoms with Crippen LogP contribution in [0.3, 0.4) is 0 Å². The van der Waals surface area contributed by atoms with Crippen molar-refractivity contribution in [3.8, 4) is 17.6 Å². The van der Waals surface area contributed by atoms with Crippen molar-refractivity contribution in [1.82, 2.24) is 0 Å². The van der Waals surface area contributed by atoms with E-state index >= 15 is 0 Å². The summed E-state index contributed by atoms with van der Waals surface area (Å²) in [5.41, 5.74) is 1.11. The van der Waals surface area contributed by atoms with E-state index in [-0.39, 0.29) is 39.5 Å². The van der Waals surface area contributed by atoms with Gasteiger partial charge in [0.05, 0.1) is 25.9 Å². The lowest BCUT2D eigenvalue weighted by atomic mass is 10.0. The molecule has 0 radical (unpaired) electrons. The highest BCUT2D eigenvalue weighted by molar-refractivity contribution is 6.99. The van der Waals surface area contributed by atoms with Gasteiger partial charge in [-0.15, -0.1) is 0 Å². The maximum Gasteiger partial charge on any atom is 0.261 e. The van der Waals surface area contributed by atoms with E-state index in [1.54, 1.807) is 7.11 Å². The van der Waals surface area contributed by atoms with Crippen molar-refractivity contribution in [2.75, 3.05) is 20.3 Å². The molecule has 1 fully saturated rings. The standard InChI is InChI=1S/C60H98O8Si3/c1-57(2,3)69(13,14)67-51(30-23-24-44-64-71(59(7,8)9,55-35-19-17-20-36-55)56-37-21-18-22-38-56)32-27-33-52(68-70(15,16)58(4,5)6)31-25-28-49(61)29-26-34-53-46-54(66-60(10,11)65-53)43-45-63-47-48-39-41-50(62-12)42-40-48/h17-22,35-42,49,51-54,61H,23-25,27-28,30-34,43-47H2,1-16H3/t49?,51-,52+,53+,54-/m0/s1. The molecule has 0 bridgehead atoms. The van der Waals surface area contributed by atoms with E-state index < -0.39 is 36.8 Å². The highest BCUT2D eigenvalue weighted by Gasteiger charge is 2.50. The minimum atomic E-state index is -2.58. The van der Waals surface area contributed by atoms with Crippen molar-refractivity contribution in [2.45, 2.75) is 237 Å². The average molecular weight is 1030 g/mol. The molecule has 3 aromatic rings. The molecule has 398 valence electrons. The SMILES string of the molecule is COc1ccc(COCC[C@H]2C[C@@H](CC#CC(O)CCC[C@H](CCC[C@H](CCCCO[Si](c3ccccc3)(c3ccccc3)C(C)(C)C)O[Si](C)(C)C(C)(C)C)O[Si](C)(C)C(C)(C)C)OC(C)(C)O2)cc1. The summed E-state index contributed by atoms with van der Waals surface area (Å²) < 4.78 is 45.5. The van der Waals surface area contributed by atoms with Crippen LogP contribution in [0.1, 0.15) is 159 Å². The van der Waals surface area contributed by atoms with E-state index in [1.165, 1.54) is 10.4 Å². The Balaban J connectivity index is 1.33. The van der Waals surface area contributed by atoms with Crippen LogP contribution in [0.5, 0.6) is 5.75 Å². The maximum absolute atomic E-state index is 11.1. The zero-order valence-corrected chi connectivity index (χ0v) is 50.4. The van der Waals surface area contributed by atoms with Gasteiger partial charge in [-0.1, -0.05) is 147 Å². The van der Waals surface area contributed by atoms with E-state index in [2.05, 4.69) is 161 Å². The molecule has 5 atom stereocenters. The summed E-state index contributed by atoms with van der Waals surface area (Å²) in [6.07, 6.45) is 10.1. The third-order valence-corrected chi connectivity index (χ3v) is 29.4. The molecule has 0 amide bonds. The van der Waals surface area contributed by atoms with Gasteiger partial charge in [0.2, 0.25) is 0 Å². The summed E-state index contributed by atoms with van der Waals surface area (Å²) in [7, 11) is -4.97. The summed E-state index contributed by atoms with van der Waals surface area (Å²) in [6.45, 7) is 36.3. The van der Waals surface area contributed by atoms with Crippen molar-refractivity contribution < 1.29 is 37.3 Å². The molecule has 11 heteroatoms. The van der Waals surface area contributed by atoms with E-state index in [0.717, 1.165) is 82.1 Å². The van der Waals surface area contributed by atoms with Crippen LogP contribution in [0.4, 0.5) is 0 Å². The smallest absolute Gasteiger partial charge is 0.261 e. The van der Waals surface area contributed by atoms with Gasteiger partial charge >= 0.3 is 0 Å². The van der Waals surface area contributed by atoms with Gasteiger partial charge in [-0.25, -0.2) is 0 Å². The molecule has 1 N–H and O–H groups in total. The summed E-state index contributed by atoms with van der Waals surface area (Å²) in [5, 5.41) is 13.9. The number of rotatable bonds is 27. The fourth-order valence-corrected chi connectivity index (χ4v) is 16.7. The quantitative estimate of drug-likeness (QED) is 0.0459. The van der Waals surface area contributed by atoms with E-state index in [1.807, 2.05) is 38.1 Å². The molecular formula is C60H98O8Si3. The Labute approximate surface area is 436 Å². The monoisotopic (exact) mass is 1030 g/mol. The minimum Gasteiger partial charge on any atom is -0.497 e. The number of aliphatic hydroxyl groups excluding tert-OH is 1. The van der Waals surface area contributed by atoms with E-state index in [4.69, 9.17) is 32.2 Å². The first-order chi connectivity index (χ1) is 33.2. The van der Waals surface area contributed by atoms with E-state index in [0.29, 0.717) is 26.1 Å². The lowest BCUT2D eigenvalue weighted by Crippen LogP contribution is -2.66. The van der Waals surface area contributed by atoms with Gasteiger partial charge in [0.1, 0.15) is 11.9 Å². The van der Waals surface area contributed by atoms with Gasteiger partial charge in [-0.3, -0.25) is 0 Å². The molecule has 0 aliphatic carbocycles. The lowest BCUT2D eigenvalue weighted by Gasteiger charge is -2.43. The first-order valence-corrected chi connectivity index (χ1v) is 34.7. The lowest BCUT2D eigenvalue weighted by molar-refractivity contribution is -0.300. The van der Waals surface area contributed by atoms with Crippen LogP contribution in [0.15, 0.2) is 84.9 Å². The van der Waals surface area contributed by atoms with Crippen LogP contribution < -0.4 is 15.1 Å². The number of methoxy groups -OCH3 is 1. The number of aliphatic hydroxyl groups is 1. The number of unbranched alkanes of at least 4 members (excludes halogenated alkanes) is 1. The van der Waals surface area contributed by atoms with Crippen molar-refractivity contribution >= 4 is 35.3 Å². The Kier molecular flexibility index (Phi) is 23.4.